The predicted molar refractivity (Wildman–Crippen MR) is 137 cm³/mol. The number of hydrogen-bond acceptors (Lipinski definition) is 3. The van der Waals surface area contributed by atoms with Crippen molar-refractivity contribution in [1.82, 2.24) is 4.90 Å². The zero-order chi connectivity index (χ0) is 23.6. The molecule has 172 valence electrons. The Balaban J connectivity index is 1.61. The highest BCUT2D eigenvalue weighted by Gasteiger charge is 2.28. The molecule has 0 N–H and O–H groups in total. The minimum absolute atomic E-state index is 0.198. The average Bonchev–Trinajstić information content (AvgIpc) is 2.88. The van der Waals surface area contributed by atoms with E-state index in [0.29, 0.717) is 19.5 Å². The molecule has 1 atom stereocenters. The Hall–Kier alpha value is -3.69. The van der Waals surface area contributed by atoms with Crippen LogP contribution in [0.15, 0.2) is 115 Å². The Kier molecular flexibility index (Phi) is 8.26. The van der Waals surface area contributed by atoms with Gasteiger partial charge in [-0.2, -0.15) is 0 Å². The minimum atomic E-state index is -0.410. The maximum absolute atomic E-state index is 13.5. The molecule has 0 aliphatic heterocycles. The fourth-order valence-corrected chi connectivity index (χ4v) is 4.05. The normalized spacial score (nSPS) is 11.8. The van der Waals surface area contributed by atoms with E-state index in [2.05, 4.69) is 60.4 Å². The zero-order valence-corrected chi connectivity index (χ0v) is 19.6. The summed E-state index contributed by atoms with van der Waals surface area (Å²) in [6, 6.07) is 38.5. The van der Waals surface area contributed by atoms with E-state index in [4.69, 9.17) is 4.74 Å². The van der Waals surface area contributed by atoms with E-state index in [9.17, 15) is 4.79 Å². The highest BCUT2D eigenvalue weighted by molar-refractivity contribution is 5.76. The van der Waals surface area contributed by atoms with Gasteiger partial charge in [-0.1, -0.05) is 121 Å². The maximum atomic E-state index is 13.5. The summed E-state index contributed by atoms with van der Waals surface area (Å²) in [4.78, 5) is 15.8. The largest absolute Gasteiger partial charge is 0.460 e. The monoisotopic (exact) mass is 449 g/mol. The lowest BCUT2D eigenvalue weighted by atomic mass is 10.0. The van der Waals surface area contributed by atoms with Crippen LogP contribution < -0.4 is 0 Å². The van der Waals surface area contributed by atoms with Gasteiger partial charge in [-0.25, -0.2) is 0 Å². The van der Waals surface area contributed by atoms with Gasteiger partial charge >= 0.3 is 5.97 Å². The van der Waals surface area contributed by atoms with Gasteiger partial charge < -0.3 is 4.74 Å². The summed E-state index contributed by atoms with van der Waals surface area (Å²) in [5, 5.41) is 0. The number of ether oxygens (including phenoxy) is 1. The molecular weight excluding hydrogens is 418 g/mol. The van der Waals surface area contributed by atoms with Crippen molar-refractivity contribution in [2.45, 2.75) is 39.1 Å². The highest BCUT2D eigenvalue weighted by atomic mass is 16.5. The molecule has 0 saturated heterocycles. The van der Waals surface area contributed by atoms with Crippen LogP contribution in [0.4, 0.5) is 0 Å². The molecular formula is C31H31NO2. The molecule has 0 saturated carbocycles. The standard InChI is InChI=1S/C31H31NO2/c1-25-17-19-26(20-18-25)21-30(31(33)34-24-29-15-9-4-10-16-29)32(22-27-11-5-2-6-12-27)23-28-13-7-3-8-14-28/h2-20,30H,21-24H2,1H3. The summed E-state index contributed by atoms with van der Waals surface area (Å²) in [6.45, 7) is 3.67. The first kappa shape index (κ1) is 23.5. The molecule has 4 aromatic rings. The van der Waals surface area contributed by atoms with E-state index >= 15 is 0 Å². The number of esters is 1. The van der Waals surface area contributed by atoms with E-state index in [1.54, 1.807) is 0 Å². The van der Waals surface area contributed by atoms with Crippen LogP contribution in [0, 0.1) is 6.92 Å². The van der Waals surface area contributed by atoms with Crippen molar-refractivity contribution in [1.29, 1.82) is 0 Å². The van der Waals surface area contributed by atoms with E-state index < -0.39 is 6.04 Å². The summed E-state index contributed by atoms with van der Waals surface area (Å²) >= 11 is 0. The van der Waals surface area contributed by atoms with Crippen LogP contribution in [0.5, 0.6) is 0 Å². The third-order valence-electron chi connectivity index (χ3n) is 5.94. The molecule has 0 amide bonds. The number of benzene rings is 4. The van der Waals surface area contributed by atoms with Crippen molar-refractivity contribution in [3.63, 3.8) is 0 Å². The summed E-state index contributed by atoms with van der Waals surface area (Å²) in [7, 11) is 0. The van der Waals surface area contributed by atoms with Crippen molar-refractivity contribution in [3.8, 4) is 0 Å². The van der Waals surface area contributed by atoms with Gasteiger partial charge in [-0.05, 0) is 35.6 Å². The van der Waals surface area contributed by atoms with Gasteiger partial charge in [-0.3, -0.25) is 9.69 Å². The van der Waals surface area contributed by atoms with E-state index in [-0.39, 0.29) is 12.6 Å². The van der Waals surface area contributed by atoms with Crippen molar-refractivity contribution >= 4 is 5.97 Å². The van der Waals surface area contributed by atoms with Crippen LogP contribution in [-0.4, -0.2) is 16.9 Å². The van der Waals surface area contributed by atoms with E-state index in [1.165, 1.54) is 16.7 Å². The van der Waals surface area contributed by atoms with Gasteiger partial charge in [0.2, 0.25) is 0 Å². The number of nitrogens with zero attached hydrogens (tertiary/aromatic N) is 1. The third kappa shape index (κ3) is 6.90. The zero-order valence-electron chi connectivity index (χ0n) is 19.6. The van der Waals surface area contributed by atoms with Crippen LogP contribution in [-0.2, 0) is 35.6 Å². The summed E-state index contributed by atoms with van der Waals surface area (Å²) in [5.41, 5.74) is 5.66. The van der Waals surface area contributed by atoms with Crippen LogP contribution in [0.1, 0.15) is 27.8 Å². The summed E-state index contributed by atoms with van der Waals surface area (Å²) in [5.74, 6) is -0.198. The van der Waals surface area contributed by atoms with E-state index in [0.717, 1.165) is 11.1 Å². The van der Waals surface area contributed by atoms with Crippen molar-refractivity contribution in [2.75, 3.05) is 0 Å². The molecule has 0 aliphatic carbocycles. The van der Waals surface area contributed by atoms with E-state index in [1.807, 2.05) is 66.7 Å². The number of carbonyl (C=O) groups is 1. The maximum Gasteiger partial charge on any atom is 0.324 e. The summed E-state index contributed by atoms with van der Waals surface area (Å²) in [6.07, 6.45) is 0.591. The van der Waals surface area contributed by atoms with Gasteiger partial charge in [0, 0.05) is 13.1 Å². The smallest absolute Gasteiger partial charge is 0.324 e. The quantitative estimate of drug-likeness (QED) is 0.264. The predicted octanol–water partition coefficient (Wildman–Crippen LogP) is 6.35. The third-order valence-corrected chi connectivity index (χ3v) is 5.94. The topological polar surface area (TPSA) is 29.5 Å². The molecule has 0 aromatic heterocycles. The molecule has 1 unspecified atom stereocenters. The number of rotatable bonds is 10. The molecule has 0 radical (unpaired) electrons. The van der Waals surface area contributed by atoms with Gasteiger partial charge in [0.15, 0.2) is 0 Å². The molecule has 0 bridgehead atoms. The van der Waals surface area contributed by atoms with Crippen LogP contribution in [0.2, 0.25) is 0 Å². The lowest BCUT2D eigenvalue weighted by Gasteiger charge is -2.31. The van der Waals surface area contributed by atoms with Crippen molar-refractivity contribution < 1.29 is 9.53 Å². The first-order valence-electron chi connectivity index (χ1n) is 11.8. The van der Waals surface area contributed by atoms with Gasteiger partial charge in [0.25, 0.3) is 0 Å². The Morgan fingerprint density at radius 2 is 1.12 bits per heavy atom. The minimum Gasteiger partial charge on any atom is -0.460 e. The number of hydrogen-bond donors (Lipinski definition) is 0. The SMILES string of the molecule is Cc1ccc(CC(C(=O)OCc2ccccc2)N(Cc2ccccc2)Cc2ccccc2)cc1. The Bertz CT molecular complexity index is 1100. The van der Waals surface area contributed by atoms with Crippen LogP contribution in [0.3, 0.4) is 0 Å². The molecule has 3 heteroatoms. The molecule has 4 aromatic carbocycles. The molecule has 4 rings (SSSR count). The van der Waals surface area contributed by atoms with Gasteiger partial charge in [0.1, 0.15) is 12.6 Å². The first-order chi connectivity index (χ1) is 16.7. The fourth-order valence-electron chi connectivity index (χ4n) is 4.05. The lowest BCUT2D eigenvalue weighted by molar-refractivity contribution is -0.152. The fraction of sp³-hybridized carbons (Fsp3) is 0.194. The molecule has 0 fully saturated rings. The molecule has 34 heavy (non-hydrogen) atoms. The molecule has 0 spiro atoms. The van der Waals surface area contributed by atoms with Crippen LogP contribution in [0.25, 0.3) is 0 Å². The second-order valence-electron chi connectivity index (χ2n) is 8.68. The molecule has 3 nitrogen and oxygen atoms in total. The second-order valence-corrected chi connectivity index (χ2v) is 8.68. The van der Waals surface area contributed by atoms with Crippen LogP contribution >= 0.6 is 0 Å². The van der Waals surface area contributed by atoms with Gasteiger partial charge in [0.05, 0.1) is 0 Å². The van der Waals surface area contributed by atoms with Crippen molar-refractivity contribution in [2.24, 2.45) is 0 Å². The molecule has 0 aliphatic rings. The Labute approximate surface area is 202 Å². The first-order valence-corrected chi connectivity index (χ1v) is 11.8. The highest BCUT2D eigenvalue weighted by Crippen LogP contribution is 2.19. The van der Waals surface area contributed by atoms with Gasteiger partial charge in [-0.15, -0.1) is 0 Å². The lowest BCUT2D eigenvalue weighted by Crippen LogP contribution is -2.43. The molecule has 0 heterocycles. The Morgan fingerprint density at radius 1 is 0.647 bits per heavy atom. The summed E-state index contributed by atoms with van der Waals surface area (Å²) < 4.78 is 5.86. The van der Waals surface area contributed by atoms with Crippen molar-refractivity contribution in [3.05, 3.63) is 143 Å². The Morgan fingerprint density at radius 3 is 1.62 bits per heavy atom. The number of aryl methyl sites for hydroxylation is 1. The number of carbonyl (C=O) groups excluding carboxylic acids is 1. The second kappa shape index (κ2) is 12.0. The average molecular weight is 450 g/mol.